The third-order valence-corrected chi connectivity index (χ3v) is 2.64. The van der Waals surface area contributed by atoms with Crippen LogP contribution in [0.3, 0.4) is 0 Å². The van der Waals surface area contributed by atoms with Crippen molar-refractivity contribution in [3.05, 3.63) is 29.3 Å². The zero-order valence-corrected chi connectivity index (χ0v) is 10.0. The summed E-state index contributed by atoms with van der Waals surface area (Å²) in [4.78, 5) is 0. The lowest BCUT2D eigenvalue weighted by molar-refractivity contribution is 0.141. The molecule has 1 unspecified atom stereocenters. The molecular formula is C14H17NO2. The first kappa shape index (κ1) is 12.0. The van der Waals surface area contributed by atoms with Crippen LogP contribution in [0.25, 0.3) is 0 Å². The lowest BCUT2D eigenvalue weighted by atomic mass is 10.1. The van der Waals surface area contributed by atoms with Crippen molar-refractivity contribution in [2.24, 2.45) is 5.73 Å². The van der Waals surface area contributed by atoms with Crippen LogP contribution in [0.1, 0.15) is 17.5 Å². The van der Waals surface area contributed by atoms with Gasteiger partial charge in [0.1, 0.15) is 11.9 Å². The summed E-state index contributed by atoms with van der Waals surface area (Å²) in [5.74, 6) is 6.74. The third-order valence-electron chi connectivity index (χ3n) is 2.64. The normalized spacial score (nSPS) is 18.6. The average molecular weight is 231 g/mol. The third kappa shape index (κ3) is 3.23. The highest BCUT2D eigenvalue weighted by Crippen LogP contribution is 2.22. The van der Waals surface area contributed by atoms with Gasteiger partial charge < -0.3 is 15.2 Å². The van der Waals surface area contributed by atoms with Crippen molar-refractivity contribution in [2.45, 2.75) is 19.4 Å². The number of benzene rings is 1. The Morgan fingerprint density at radius 1 is 1.53 bits per heavy atom. The Morgan fingerprint density at radius 2 is 2.41 bits per heavy atom. The van der Waals surface area contributed by atoms with E-state index in [0.29, 0.717) is 13.2 Å². The molecule has 3 heteroatoms. The lowest BCUT2D eigenvalue weighted by Gasteiger charge is -2.13. The minimum absolute atomic E-state index is 0.149. The number of ether oxygens (including phenoxy) is 2. The number of rotatable bonds is 2. The number of hydrogen-bond acceptors (Lipinski definition) is 3. The molecule has 0 amide bonds. The van der Waals surface area contributed by atoms with Crippen molar-refractivity contribution in [3.63, 3.8) is 0 Å². The van der Waals surface area contributed by atoms with Crippen molar-refractivity contribution in [3.8, 4) is 17.6 Å². The predicted molar refractivity (Wildman–Crippen MR) is 67.0 cm³/mol. The van der Waals surface area contributed by atoms with E-state index in [1.165, 1.54) is 5.56 Å². The van der Waals surface area contributed by atoms with Gasteiger partial charge in [0.15, 0.2) is 0 Å². The van der Waals surface area contributed by atoms with Crippen LogP contribution < -0.4 is 10.5 Å². The maximum atomic E-state index is 5.89. The summed E-state index contributed by atoms with van der Waals surface area (Å²) in [6.45, 7) is 3.84. The molecule has 17 heavy (non-hydrogen) atoms. The quantitative estimate of drug-likeness (QED) is 0.784. The zero-order valence-electron chi connectivity index (χ0n) is 10.0. The van der Waals surface area contributed by atoms with Crippen LogP contribution in [-0.4, -0.2) is 25.9 Å². The van der Waals surface area contributed by atoms with Crippen molar-refractivity contribution in [1.82, 2.24) is 0 Å². The van der Waals surface area contributed by atoms with Gasteiger partial charge in [-0.1, -0.05) is 17.9 Å². The Balaban J connectivity index is 2.19. The Kier molecular flexibility index (Phi) is 4.03. The van der Waals surface area contributed by atoms with Crippen molar-refractivity contribution in [2.75, 3.05) is 19.8 Å². The molecule has 90 valence electrons. The SMILES string of the molecule is Cc1ccc(OC2CCOC2)c(C#CCN)c1. The van der Waals surface area contributed by atoms with E-state index >= 15 is 0 Å². The van der Waals surface area contributed by atoms with Gasteiger partial charge in [0.2, 0.25) is 0 Å². The van der Waals surface area contributed by atoms with Crippen LogP contribution >= 0.6 is 0 Å². The maximum Gasteiger partial charge on any atom is 0.135 e. The maximum absolute atomic E-state index is 5.89. The second kappa shape index (κ2) is 5.72. The monoisotopic (exact) mass is 231 g/mol. The molecule has 1 saturated heterocycles. The Hall–Kier alpha value is -1.50. The number of nitrogens with two attached hydrogens (primary N) is 1. The molecule has 0 bridgehead atoms. The number of hydrogen-bond donors (Lipinski definition) is 1. The van der Waals surface area contributed by atoms with E-state index in [2.05, 4.69) is 11.8 Å². The van der Waals surface area contributed by atoms with Gasteiger partial charge in [-0.05, 0) is 24.6 Å². The molecule has 0 radical (unpaired) electrons. The fraction of sp³-hybridized carbons (Fsp3) is 0.429. The van der Waals surface area contributed by atoms with Crippen molar-refractivity contribution >= 4 is 0 Å². The fourth-order valence-corrected chi connectivity index (χ4v) is 1.78. The molecule has 1 aliphatic rings. The van der Waals surface area contributed by atoms with Crippen LogP contribution in [0.15, 0.2) is 18.2 Å². The molecule has 2 N–H and O–H groups in total. The Labute approximate surface area is 102 Å². The molecule has 0 spiro atoms. The molecule has 1 aromatic rings. The van der Waals surface area contributed by atoms with E-state index in [0.717, 1.165) is 24.3 Å². The van der Waals surface area contributed by atoms with Gasteiger partial charge in [0.05, 0.1) is 25.3 Å². The van der Waals surface area contributed by atoms with Gasteiger partial charge in [-0.2, -0.15) is 0 Å². The highest BCUT2D eigenvalue weighted by molar-refractivity contribution is 5.48. The molecule has 0 aromatic heterocycles. The molecule has 0 aliphatic carbocycles. The van der Waals surface area contributed by atoms with E-state index < -0.39 is 0 Å². The summed E-state index contributed by atoms with van der Waals surface area (Å²) in [5, 5.41) is 0. The van der Waals surface area contributed by atoms with Crippen LogP contribution in [0.4, 0.5) is 0 Å². The van der Waals surface area contributed by atoms with E-state index in [1.54, 1.807) is 0 Å². The van der Waals surface area contributed by atoms with E-state index in [-0.39, 0.29) is 6.10 Å². The van der Waals surface area contributed by atoms with Gasteiger partial charge in [-0.3, -0.25) is 0 Å². The van der Waals surface area contributed by atoms with Crippen LogP contribution in [0.2, 0.25) is 0 Å². The molecular weight excluding hydrogens is 214 g/mol. The predicted octanol–water partition coefficient (Wildman–Crippen LogP) is 1.47. The minimum Gasteiger partial charge on any atom is -0.487 e. The summed E-state index contributed by atoms with van der Waals surface area (Å²) in [7, 11) is 0. The summed E-state index contributed by atoms with van der Waals surface area (Å²) in [6, 6.07) is 6.01. The first-order valence-corrected chi connectivity index (χ1v) is 5.83. The largest absolute Gasteiger partial charge is 0.487 e. The molecule has 3 nitrogen and oxygen atoms in total. The van der Waals surface area contributed by atoms with Crippen LogP contribution in [0.5, 0.6) is 5.75 Å². The van der Waals surface area contributed by atoms with E-state index in [1.807, 2.05) is 25.1 Å². The summed E-state index contributed by atoms with van der Waals surface area (Å²) >= 11 is 0. The molecule has 2 rings (SSSR count). The first-order valence-electron chi connectivity index (χ1n) is 5.83. The Morgan fingerprint density at radius 3 is 3.12 bits per heavy atom. The highest BCUT2D eigenvalue weighted by Gasteiger charge is 2.18. The summed E-state index contributed by atoms with van der Waals surface area (Å²) in [6.07, 6.45) is 1.09. The smallest absolute Gasteiger partial charge is 0.135 e. The van der Waals surface area contributed by atoms with Gasteiger partial charge in [0.25, 0.3) is 0 Å². The molecule has 0 saturated carbocycles. The summed E-state index contributed by atoms with van der Waals surface area (Å²) < 4.78 is 11.2. The van der Waals surface area contributed by atoms with Gasteiger partial charge in [-0.25, -0.2) is 0 Å². The van der Waals surface area contributed by atoms with Gasteiger partial charge in [0, 0.05) is 6.42 Å². The highest BCUT2D eigenvalue weighted by atomic mass is 16.5. The Bertz CT molecular complexity index is 439. The topological polar surface area (TPSA) is 44.5 Å². The zero-order chi connectivity index (χ0) is 12.1. The minimum atomic E-state index is 0.149. The van der Waals surface area contributed by atoms with E-state index in [9.17, 15) is 0 Å². The van der Waals surface area contributed by atoms with E-state index in [4.69, 9.17) is 15.2 Å². The van der Waals surface area contributed by atoms with Crippen LogP contribution in [0, 0.1) is 18.8 Å². The van der Waals surface area contributed by atoms with Crippen molar-refractivity contribution in [1.29, 1.82) is 0 Å². The first-order chi connectivity index (χ1) is 8.29. The van der Waals surface area contributed by atoms with Crippen molar-refractivity contribution < 1.29 is 9.47 Å². The standard InChI is InChI=1S/C14H17NO2/c1-11-4-5-14(12(9-11)3-2-7-15)17-13-6-8-16-10-13/h4-5,9,13H,6-8,10,15H2,1H3. The lowest BCUT2D eigenvalue weighted by Crippen LogP contribution is -2.16. The van der Waals surface area contributed by atoms with Crippen LogP contribution in [-0.2, 0) is 4.74 Å². The molecule has 1 aliphatic heterocycles. The molecule has 1 fully saturated rings. The van der Waals surface area contributed by atoms with Gasteiger partial charge >= 0.3 is 0 Å². The van der Waals surface area contributed by atoms with Gasteiger partial charge in [-0.15, -0.1) is 0 Å². The molecule has 1 aromatic carbocycles. The average Bonchev–Trinajstić information content (AvgIpc) is 2.82. The molecule has 1 atom stereocenters. The molecule has 1 heterocycles. The number of aryl methyl sites for hydroxylation is 1. The fourth-order valence-electron chi connectivity index (χ4n) is 1.78. The second-order valence-electron chi connectivity index (χ2n) is 4.11. The second-order valence-corrected chi connectivity index (χ2v) is 4.11. The summed E-state index contributed by atoms with van der Waals surface area (Å²) in [5.41, 5.74) is 7.47.